The highest BCUT2D eigenvalue weighted by molar-refractivity contribution is 5.55. The van der Waals surface area contributed by atoms with Gasteiger partial charge in [-0.15, -0.1) is 0 Å². The van der Waals surface area contributed by atoms with E-state index in [4.69, 9.17) is 5.26 Å². The van der Waals surface area contributed by atoms with Gasteiger partial charge in [0.1, 0.15) is 0 Å². The van der Waals surface area contributed by atoms with Gasteiger partial charge in [0.2, 0.25) is 0 Å². The quantitative estimate of drug-likeness (QED) is 0.879. The highest BCUT2D eigenvalue weighted by Crippen LogP contribution is 2.18. The van der Waals surface area contributed by atoms with E-state index in [-0.39, 0.29) is 0 Å². The van der Waals surface area contributed by atoms with E-state index in [0.29, 0.717) is 12.1 Å². The molecule has 19 heavy (non-hydrogen) atoms. The molecular weight excluding hydrogens is 236 g/mol. The van der Waals surface area contributed by atoms with Gasteiger partial charge in [-0.25, -0.2) is 0 Å². The molecule has 0 saturated carbocycles. The molecule has 1 atom stereocenters. The molecule has 0 aliphatic rings. The fourth-order valence-corrected chi connectivity index (χ4v) is 1.88. The minimum atomic E-state index is -0.564. The van der Waals surface area contributed by atoms with Gasteiger partial charge in [-0.3, -0.25) is 0 Å². The standard InChI is InChI=1S/C16H16N2O/c1-12-7-8-13(10-17)9-15(12)18-11-16(19)14-5-3-2-4-6-14/h2-9,16,18-19H,11H2,1H3. The molecule has 0 bridgehead atoms. The fourth-order valence-electron chi connectivity index (χ4n) is 1.88. The summed E-state index contributed by atoms with van der Waals surface area (Å²) in [7, 11) is 0. The normalized spacial score (nSPS) is 11.6. The number of nitrogens with one attached hydrogen (secondary N) is 1. The molecule has 1 unspecified atom stereocenters. The molecule has 0 aliphatic heterocycles. The maximum Gasteiger partial charge on any atom is 0.0992 e. The third-order valence-corrected chi connectivity index (χ3v) is 3.04. The lowest BCUT2D eigenvalue weighted by atomic mass is 10.1. The Morgan fingerprint density at radius 1 is 1.21 bits per heavy atom. The molecule has 0 aliphatic carbocycles. The predicted molar refractivity (Wildman–Crippen MR) is 75.8 cm³/mol. The summed E-state index contributed by atoms with van der Waals surface area (Å²) < 4.78 is 0. The van der Waals surface area contributed by atoms with Crippen LogP contribution >= 0.6 is 0 Å². The van der Waals surface area contributed by atoms with Crippen LogP contribution in [0.25, 0.3) is 0 Å². The van der Waals surface area contributed by atoms with Crippen molar-refractivity contribution in [2.45, 2.75) is 13.0 Å². The summed E-state index contributed by atoms with van der Waals surface area (Å²) in [5.41, 5.74) is 3.43. The number of nitrogens with zero attached hydrogens (tertiary/aromatic N) is 1. The number of nitriles is 1. The Hall–Kier alpha value is -2.31. The number of aliphatic hydroxyl groups is 1. The number of anilines is 1. The molecule has 2 aromatic rings. The van der Waals surface area contributed by atoms with Gasteiger partial charge in [-0.1, -0.05) is 36.4 Å². The van der Waals surface area contributed by atoms with Crippen molar-refractivity contribution in [2.75, 3.05) is 11.9 Å². The smallest absolute Gasteiger partial charge is 0.0992 e. The lowest BCUT2D eigenvalue weighted by Crippen LogP contribution is -2.12. The lowest BCUT2D eigenvalue weighted by Gasteiger charge is -2.14. The topological polar surface area (TPSA) is 56.0 Å². The van der Waals surface area contributed by atoms with Gasteiger partial charge < -0.3 is 10.4 Å². The van der Waals surface area contributed by atoms with Gasteiger partial charge in [-0.05, 0) is 30.2 Å². The van der Waals surface area contributed by atoms with Gasteiger partial charge >= 0.3 is 0 Å². The van der Waals surface area contributed by atoms with Crippen molar-refractivity contribution in [1.29, 1.82) is 5.26 Å². The second-order valence-corrected chi connectivity index (χ2v) is 4.45. The zero-order chi connectivity index (χ0) is 13.7. The SMILES string of the molecule is Cc1ccc(C#N)cc1NCC(O)c1ccccc1. The van der Waals surface area contributed by atoms with Crippen LogP contribution in [0.2, 0.25) is 0 Å². The summed E-state index contributed by atoms with van der Waals surface area (Å²) >= 11 is 0. The molecule has 2 N–H and O–H groups in total. The van der Waals surface area contributed by atoms with Crippen molar-refractivity contribution < 1.29 is 5.11 Å². The minimum absolute atomic E-state index is 0.416. The molecule has 0 saturated heterocycles. The average Bonchev–Trinajstić information content (AvgIpc) is 2.47. The second-order valence-electron chi connectivity index (χ2n) is 4.45. The molecule has 96 valence electrons. The zero-order valence-corrected chi connectivity index (χ0v) is 10.8. The Morgan fingerprint density at radius 3 is 2.63 bits per heavy atom. The van der Waals surface area contributed by atoms with Crippen molar-refractivity contribution in [3.8, 4) is 6.07 Å². The van der Waals surface area contributed by atoms with E-state index in [9.17, 15) is 5.11 Å². The van der Waals surface area contributed by atoms with E-state index < -0.39 is 6.10 Å². The van der Waals surface area contributed by atoms with Crippen molar-refractivity contribution in [1.82, 2.24) is 0 Å². The van der Waals surface area contributed by atoms with Gasteiger partial charge in [0.15, 0.2) is 0 Å². The third kappa shape index (κ3) is 3.34. The molecule has 3 nitrogen and oxygen atoms in total. The lowest BCUT2D eigenvalue weighted by molar-refractivity contribution is 0.191. The molecule has 3 heteroatoms. The van der Waals surface area contributed by atoms with Crippen LogP contribution in [0.5, 0.6) is 0 Å². The molecule has 0 aromatic heterocycles. The van der Waals surface area contributed by atoms with Crippen LogP contribution in [0.1, 0.15) is 22.8 Å². The van der Waals surface area contributed by atoms with Crippen LogP contribution in [0.4, 0.5) is 5.69 Å². The Morgan fingerprint density at radius 2 is 1.95 bits per heavy atom. The average molecular weight is 252 g/mol. The number of hydrogen-bond acceptors (Lipinski definition) is 3. The van der Waals surface area contributed by atoms with Crippen LogP contribution in [0.3, 0.4) is 0 Å². The highest BCUT2D eigenvalue weighted by Gasteiger charge is 2.07. The van der Waals surface area contributed by atoms with E-state index in [0.717, 1.165) is 16.8 Å². The van der Waals surface area contributed by atoms with Crippen molar-refractivity contribution in [3.63, 3.8) is 0 Å². The number of aliphatic hydroxyl groups excluding tert-OH is 1. The first kappa shape index (κ1) is 13.1. The maximum absolute atomic E-state index is 10.1. The van der Waals surface area contributed by atoms with Crippen molar-refractivity contribution >= 4 is 5.69 Å². The number of aryl methyl sites for hydroxylation is 1. The van der Waals surface area contributed by atoms with Gasteiger partial charge in [0, 0.05) is 12.2 Å². The maximum atomic E-state index is 10.1. The van der Waals surface area contributed by atoms with Gasteiger partial charge in [0.25, 0.3) is 0 Å². The minimum Gasteiger partial charge on any atom is -0.387 e. The van der Waals surface area contributed by atoms with Crippen LogP contribution in [0, 0.1) is 18.3 Å². The number of benzene rings is 2. The molecule has 0 amide bonds. The first-order chi connectivity index (χ1) is 9.20. The highest BCUT2D eigenvalue weighted by atomic mass is 16.3. The summed E-state index contributed by atoms with van der Waals surface area (Å²) in [5, 5.41) is 22.1. The summed E-state index contributed by atoms with van der Waals surface area (Å²) in [6.07, 6.45) is -0.564. The summed E-state index contributed by atoms with van der Waals surface area (Å²) in [6, 6.07) is 17.1. The van der Waals surface area contributed by atoms with E-state index in [1.165, 1.54) is 0 Å². The van der Waals surface area contributed by atoms with E-state index >= 15 is 0 Å². The second kappa shape index (κ2) is 6.03. The fraction of sp³-hybridized carbons (Fsp3) is 0.188. The summed E-state index contributed by atoms with van der Waals surface area (Å²) in [6.45, 7) is 2.39. The zero-order valence-electron chi connectivity index (χ0n) is 10.8. The summed E-state index contributed by atoms with van der Waals surface area (Å²) in [5.74, 6) is 0. The van der Waals surface area contributed by atoms with Crippen molar-refractivity contribution in [2.24, 2.45) is 0 Å². The van der Waals surface area contributed by atoms with E-state index in [1.807, 2.05) is 43.3 Å². The number of hydrogen-bond donors (Lipinski definition) is 2. The van der Waals surface area contributed by atoms with Crippen LogP contribution in [0.15, 0.2) is 48.5 Å². The number of rotatable bonds is 4. The Labute approximate surface area is 113 Å². The molecular formula is C16H16N2O. The first-order valence-corrected chi connectivity index (χ1v) is 6.18. The van der Waals surface area contributed by atoms with Crippen LogP contribution in [-0.2, 0) is 0 Å². The largest absolute Gasteiger partial charge is 0.387 e. The monoisotopic (exact) mass is 252 g/mol. The van der Waals surface area contributed by atoms with Crippen LogP contribution < -0.4 is 5.32 Å². The Balaban J connectivity index is 2.05. The Kier molecular flexibility index (Phi) is 4.17. The molecule has 0 heterocycles. The van der Waals surface area contributed by atoms with Crippen molar-refractivity contribution in [3.05, 3.63) is 65.2 Å². The molecule has 2 rings (SSSR count). The molecule has 2 aromatic carbocycles. The Bertz CT molecular complexity index is 587. The van der Waals surface area contributed by atoms with E-state index in [1.54, 1.807) is 12.1 Å². The molecule has 0 spiro atoms. The van der Waals surface area contributed by atoms with Crippen LogP contribution in [-0.4, -0.2) is 11.7 Å². The first-order valence-electron chi connectivity index (χ1n) is 6.18. The summed E-state index contributed by atoms with van der Waals surface area (Å²) in [4.78, 5) is 0. The predicted octanol–water partition coefficient (Wildman–Crippen LogP) is 3.01. The van der Waals surface area contributed by atoms with Gasteiger partial charge in [0.05, 0.1) is 17.7 Å². The molecule has 0 radical (unpaired) electrons. The molecule has 0 fully saturated rings. The van der Waals surface area contributed by atoms with E-state index in [2.05, 4.69) is 11.4 Å². The van der Waals surface area contributed by atoms with Gasteiger partial charge in [-0.2, -0.15) is 5.26 Å². The third-order valence-electron chi connectivity index (χ3n) is 3.04.